The van der Waals surface area contributed by atoms with E-state index < -0.39 is 0 Å². The number of hydrogen-bond acceptors (Lipinski definition) is 4. The zero-order chi connectivity index (χ0) is 13.9. The van der Waals surface area contributed by atoms with E-state index in [0.29, 0.717) is 0 Å². The number of benzene rings is 1. The molecule has 2 aromatic rings. The lowest BCUT2D eigenvalue weighted by atomic mass is 10.1. The molecule has 0 aliphatic carbocycles. The molecule has 0 radical (unpaired) electrons. The van der Waals surface area contributed by atoms with Gasteiger partial charge in [0.1, 0.15) is 11.6 Å². The van der Waals surface area contributed by atoms with Gasteiger partial charge in [-0.2, -0.15) is 0 Å². The Kier molecular flexibility index (Phi) is 3.98. The van der Waals surface area contributed by atoms with Crippen molar-refractivity contribution < 1.29 is 4.74 Å². The first-order chi connectivity index (χ1) is 9.78. The highest BCUT2D eigenvalue weighted by Crippen LogP contribution is 2.32. The van der Waals surface area contributed by atoms with Crippen molar-refractivity contribution >= 4 is 15.9 Å². The molecule has 0 amide bonds. The fraction of sp³-hybridized carbons (Fsp3) is 0.333. The van der Waals surface area contributed by atoms with Gasteiger partial charge in [0.15, 0.2) is 0 Å². The van der Waals surface area contributed by atoms with Gasteiger partial charge in [-0.05, 0) is 43.7 Å². The smallest absolute Gasteiger partial charge is 0.145 e. The highest BCUT2D eigenvalue weighted by Gasteiger charge is 2.19. The number of methoxy groups -OCH3 is 1. The first-order valence-electron chi connectivity index (χ1n) is 6.68. The van der Waals surface area contributed by atoms with Crippen LogP contribution in [0.1, 0.15) is 24.7 Å². The van der Waals surface area contributed by atoms with Gasteiger partial charge in [-0.1, -0.05) is 15.9 Å². The molecule has 1 N–H and O–H groups in total. The summed E-state index contributed by atoms with van der Waals surface area (Å²) in [5, 5.41) is 3.43. The van der Waals surface area contributed by atoms with E-state index in [1.807, 2.05) is 30.5 Å². The van der Waals surface area contributed by atoms with Gasteiger partial charge in [0, 0.05) is 16.2 Å². The Hall–Kier alpha value is -1.46. The van der Waals surface area contributed by atoms with Crippen LogP contribution in [0.2, 0.25) is 0 Å². The average molecular weight is 334 g/mol. The Bertz CT molecular complexity index is 612. The highest BCUT2D eigenvalue weighted by molar-refractivity contribution is 9.10. The van der Waals surface area contributed by atoms with E-state index >= 15 is 0 Å². The lowest BCUT2D eigenvalue weighted by molar-refractivity contribution is 0.416. The summed E-state index contributed by atoms with van der Waals surface area (Å²) in [6.45, 7) is 1.04. The van der Waals surface area contributed by atoms with Crippen molar-refractivity contribution in [2.45, 2.75) is 18.9 Å². The average Bonchev–Trinajstić information content (AvgIpc) is 3.01. The van der Waals surface area contributed by atoms with Crippen LogP contribution in [0.4, 0.5) is 0 Å². The predicted molar refractivity (Wildman–Crippen MR) is 81.7 cm³/mol. The van der Waals surface area contributed by atoms with Crippen molar-refractivity contribution in [1.29, 1.82) is 0 Å². The standard InChI is InChI=1S/C15H16BrN3O/c1-20-14-5-4-10(16)9-11(14)12-6-8-18-15(19-12)13-3-2-7-17-13/h4-6,8-9,13,17H,2-3,7H2,1H3. The molecule has 1 aromatic heterocycles. The summed E-state index contributed by atoms with van der Waals surface area (Å²) in [5.41, 5.74) is 1.87. The number of ether oxygens (including phenoxy) is 1. The second-order valence-corrected chi connectivity index (χ2v) is 5.71. The summed E-state index contributed by atoms with van der Waals surface area (Å²) in [6, 6.07) is 8.11. The van der Waals surface area contributed by atoms with Crippen molar-refractivity contribution in [1.82, 2.24) is 15.3 Å². The minimum absolute atomic E-state index is 0.271. The normalized spacial score (nSPS) is 18.2. The Morgan fingerprint density at radius 1 is 1.35 bits per heavy atom. The number of halogens is 1. The molecule has 2 heterocycles. The van der Waals surface area contributed by atoms with Gasteiger partial charge in [-0.15, -0.1) is 0 Å². The van der Waals surface area contributed by atoms with E-state index in [1.54, 1.807) is 7.11 Å². The molecule has 4 nitrogen and oxygen atoms in total. The van der Waals surface area contributed by atoms with E-state index in [0.717, 1.165) is 40.3 Å². The molecule has 1 aliphatic rings. The zero-order valence-electron chi connectivity index (χ0n) is 11.3. The summed E-state index contributed by atoms with van der Waals surface area (Å²) in [4.78, 5) is 9.10. The Labute approximate surface area is 126 Å². The molecule has 5 heteroatoms. The molecule has 20 heavy (non-hydrogen) atoms. The van der Waals surface area contributed by atoms with E-state index in [2.05, 4.69) is 26.2 Å². The van der Waals surface area contributed by atoms with Crippen molar-refractivity contribution in [3.8, 4) is 17.0 Å². The fourth-order valence-corrected chi connectivity index (χ4v) is 2.84. The van der Waals surface area contributed by atoms with Gasteiger partial charge in [0.05, 0.1) is 18.8 Å². The third-order valence-corrected chi connectivity index (χ3v) is 3.98. The predicted octanol–water partition coefficient (Wildman–Crippen LogP) is 3.34. The lowest BCUT2D eigenvalue weighted by Gasteiger charge is -2.12. The highest BCUT2D eigenvalue weighted by atomic mass is 79.9. The summed E-state index contributed by atoms with van der Waals surface area (Å²) >= 11 is 3.50. The molecule has 1 atom stereocenters. The van der Waals surface area contributed by atoms with Gasteiger partial charge in [-0.3, -0.25) is 0 Å². The minimum atomic E-state index is 0.271. The van der Waals surface area contributed by atoms with Gasteiger partial charge in [0.25, 0.3) is 0 Å². The Morgan fingerprint density at radius 2 is 2.25 bits per heavy atom. The quantitative estimate of drug-likeness (QED) is 0.935. The van der Waals surface area contributed by atoms with Gasteiger partial charge in [-0.25, -0.2) is 9.97 Å². The fourth-order valence-electron chi connectivity index (χ4n) is 2.48. The van der Waals surface area contributed by atoms with Crippen LogP contribution in [0.3, 0.4) is 0 Å². The number of aromatic nitrogens is 2. The summed E-state index contributed by atoms with van der Waals surface area (Å²) in [7, 11) is 1.67. The van der Waals surface area contributed by atoms with E-state index in [-0.39, 0.29) is 6.04 Å². The maximum atomic E-state index is 5.42. The molecule has 104 valence electrons. The lowest BCUT2D eigenvalue weighted by Crippen LogP contribution is -2.15. The molecule has 0 bridgehead atoms. The first kappa shape index (κ1) is 13.5. The van der Waals surface area contributed by atoms with Crippen molar-refractivity contribution in [2.75, 3.05) is 13.7 Å². The van der Waals surface area contributed by atoms with Crippen LogP contribution in [-0.4, -0.2) is 23.6 Å². The molecule has 1 fully saturated rings. The summed E-state index contributed by atoms with van der Waals surface area (Å²) in [5.74, 6) is 1.68. The SMILES string of the molecule is COc1ccc(Br)cc1-c1ccnc(C2CCCN2)n1. The van der Waals surface area contributed by atoms with Crippen molar-refractivity contribution in [2.24, 2.45) is 0 Å². The zero-order valence-corrected chi connectivity index (χ0v) is 12.9. The topological polar surface area (TPSA) is 47.0 Å². The number of rotatable bonds is 3. The summed E-state index contributed by atoms with van der Waals surface area (Å²) in [6.07, 6.45) is 4.09. The number of hydrogen-bond donors (Lipinski definition) is 1. The molecular weight excluding hydrogens is 318 g/mol. The second kappa shape index (κ2) is 5.89. The number of nitrogens with one attached hydrogen (secondary N) is 1. The van der Waals surface area contributed by atoms with Crippen LogP contribution in [0, 0.1) is 0 Å². The maximum absolute atomic E-state index is 5.42. The Balaban J connectivity index is 2.01. The molecular formula is C15H16BrN3O. The van der Waals surface area contributed by atoms with Gasteiger partial charge >= 0.3 is 0 Å². The maximum Gasteiger partial charge on any atom is 0.145 e. The molecule has 1 aromatic carbocycles. The minimum Gasteiger partial charge on any atom is -0.496 e. The van der Waals surface area contributed by atoms with Crippen molar-refractivity contribution in [3.05, 3.63) is 40.8 Å². The first-order valence-corrected chi connectivity index (χ1v) is 7.47. The van der Waals surface area contributed by atoms with E-state index in [4.69, 9.17) is 9.72 Å². The van der Waals surface area contributed by atoms with E-state index in [9.17, 15) is 0 Å². The van der Waals surface area contributed by atoms with Gasteiger partial charge in [0.2, 0.25) is 0 Å². The van der Waals surface area contributed by atoms with Crippen LogP contribution in [0.25, 0.3) is 11.3 Å². The van der Waals surface area contributed by atoms with Crippen LogP contribution < -0.4 is 10.1 Å². The molecule has 1 unspecified atom stereocenters. The monoisotopic (exact) mass is 333 g/mol. The van der Waals surface area contributed by atoms with Crippen LogP contribution in [0.5, 0.6) is 5.75 Å². The largest absolute Gasteiger partial charge is 0.496 e. The van der Waals surface area contributed by atoms with Crippen LogP contribution in [0.15, 0.2) is 34.9 Å². The molecule has 0 spiro atoms. The van der Waals surface area contributed by atoms with Crippen molar-refractivity contribution in [3.63, 3.8) is 0 Å². The number of nitrogens with zero attached hydrogens (tertiary/aromatic N) is 2. The molecule has 1 aliphatic heterocycles. The second-order valence-electron chi connectivity index (χ2n) is 4.79. The molecule has 1 saturated heterocycles. The third-order valence-electron chi connectivity index (χ3n) is 3.48. The third kappa shape index (κ3) is 2.69. The Morgan fingerprint density at radius 3 is 3.00 bits per heavy atom. The molecule has 3 rings (SSSR count). The summed E-state index contributed by atoms with van der Waals surface area (Å²) < 4.78 is 6.43. The van der Waals surface area contributed by atoms with Crippen LogP contribution >= 0.6 is 15.9 Å². The molecule has 0 saturated carbocycles. The van der Waals surface area contributed by atoms with E-state index in [1.165, 1.54) is 6.42 Å². The van der Waals surface area contributed by atoms with Crippen LogP contribution in [-0.2, 0) is 0 Å². The van der Waals surface area contributed by atoms with Gasteiger partial charge < -0.3 is 10.1 Å².